The van der Waals surface area contributed by atoms with Gasteiger partial charge in [0.2, 0.25) is 0 Å². The minimum Gasteiger partial charge on any atom is -0.459 e. The highest BCUT2D eigenvalue weighted by Crippen LogP contribution is 2.68. The molecule has 6 atom stereocenters. The van der Waals surface area contributed by atoms with E-state index in [0.717, 1.165) is 37.7 Å². The highest BCUT2D eigenvalue weighted by atomic mass is 16.6. The molecule has 0 aromatic carbocycles. The lowest BCUT2D eigenvalue weighted by Crippen LogP contribution is -2.62. The predicted octanol–water partition coefficient (Wildman–Crippen LogP) is 5.23. The molecule has 3 fully saturated rings. The SMILES string of the molecule is CC(=O)OC12CCCC[C@]1(C)[C@H]1CC[C@]3(C)C(C(C)=O)=CC[C@H]3[C@@H]1CC2. The number of Topliss-reactive ketones (excluding diaryl/α,β-unsaturated/α-hetero) is 1. The normalized spacial score (nSPS) is 47.2. The Morgan fingerprint density at radius 2 is 1.73 bits per heavy atom. The summed E-state index contributed by atoms with van der Waals surface area (Å²) in [5.41, 5.74) is 1.01. The third-order valence-corrected chi connectivity index (χ3v) is 9.00. The van der Waals surface area contributed by atoms with Gasteiger partial charge in [0.25, 0.3) is 0 Å². The van der Waals surface area contributed by atoms with Crippen molar-refractivity contribution < 1.29 is 14.3 Å². The van der Waals surface area contributed by atoms with Gasteiger partial charge in [0.05, 0.1) is 0 Å². The second kappa shape index (κ2) is 5.94. The van der Waals surface area contributed by atoms with E-state index in [2.05, 4.69) is 19.9 Å². The topological polar surface area (TPSA) is 43.4 Å². The molecule has 0 amide bonds. The van der Waals surface area contributed by atoms with E-state index >= 15 is 0 Å². The highest BCUT2D eigenvalue weighted by molar-refractivity contribution is 5.95. The van der Waals surface area contributed by atoms with Crippen LogP contribution in [0.1, 0.15) is 85.5 Å². The Labute approximate surface area is 157 Å². The number of carbonyl (C=O) groups is 2. The molecule has 3 saturated carbocycles. The quantitative estimate of drug-likeness (QED) is 0.635. The first-order valence-electron chi connectivity index (χ1n) is 10.6. The lowest BCUT2D eigenvalue weighted by molar-refractivity contribution is -0.224. The monoisotopic (exact) mass is 358 g/mol. The van der Waals surface area contributed by atoms with Gasteiger partial charge in [0.15, 0.2) is 5.78 Å². The summed E-state index contributed by atoms with van der Waals surface area (Å²) >= 11 is 0. The first-order chi connectivity index (χ1) is 12.2. The maximum Gasteiger partial charge on any atom is 0.303 e. The molecule has 0 saturated heterocycles. The fourth-order valence-corrected chi connectivity index (χ4v) is 7.84. The fourth-order valence-electron chi connectivity index (χ4n) is 7.84. The molecule has 0 aromatic rings. The van der Waals surface area contributed by atoms with Crippen molar-refractivity contribution in [2.24, 2.45) is 28.6 Å². The molecular formula is C23H34O3. The minimum absolute atomic E-state index is 0.0689. The Morgan fingerprint density at radius 3 is 2.42 bits per heavy atom. The number of carbonyl (C=O) groups excluding carboxylic acids is 2. The van der Waals surface area contributed by atoms with Crippen molar-refractivity contribution >= 4 is 11.8 Å². The molecule has 144 valence electrons. The molecule has 3 heteroatoms. The molecule has 0 N–H and O–H groups in total. The Morgan fingerprint density at radius 1 is 1.00 bits per heavy atom. The third-order valence-electron chi connectivity index (χ3n) is 9.00. The second-order valence-corrected chi connectivity index (χ2v) is 9.99. The lowest BCUT2D eigenvalue weighted by atomic mass is 9.43. The van der Waals surface area contributed by atoms with E-state index in [-0.39, 0.29) is 28.2 Å². The number of esters is 1. The van der Waals surface area contributed by atoms with E-state index in [0.29, 0.717) is 17.8 Å². The Balaban J connectivity index is 1.68. The van der Waals surface area contributed by atoms with Gasteiger partial charge in [-0.2, -0.15) is 0 Å². The van der Waals surface area contributed by atoms with Crippen molar-refractivity contribution in [3.63, 3.8) is 0 Å². The van der Waals surface area contributed by atoms with Gasteiger partial charge in [-0.15, -0.1) is 0 Å². The summed E-state index contributed by atoms with van der Waals surface area (Å²) in [6.07, 6.45) is 12.4. The summed E-state index contributed by atoms with van der Waals surface area (Å²) in [6, 6.07) is 0. The highest BCUT2D eigenvalue weighted by Gasteiger charge is 2.64. The van der Waals surface area contributed by atoms with Gasteiger partial charge >= 0.3 is 5.97 Å². The van der Waals surface area contributed by atoms with Crippen LogP contribution in [-0.4, -0.2) is 17.4 Å². The smallest absolute Gasteiger partial charge is 0.303 e. The van der Waals surface area contributed by atoms with Crippen molar-refractivity contribution in [2.75, 3.05) is 0 Å². The van der Waals surface area contributed by atoms with Crippen LogP contribution < -0.4 is 0 Å². The van der Waals surface area contributed by atoms with Crippen LogP contribution in [0.3, 0.4) is 0 Å². The van der Waals surface area contributed by atoms with Gasteiger partial charge in [-0.25, -0.2) is 0 Å². The number of ketones is 1. The predicted molar refractivity (Wildman–Crippen MR) is 101 cm³/mol. The number of hydrogen-bond donors (Lipinski definition) is 0. The van der Waals surface area contributed by atoms with Gasteiger partial charge in [0, 0.05) is 12.3 Å². The molecule has 1 unspecified atom stereocenters. The van der Waals surface area contributed by atoms with Crippen LogP contribution in [-0.2, 0) is 14.3 Å². The van der Waals surface area contributed by atoms with E-state index in [4.69, 9.17) is 4.74 Å². The van der Waals surface area contributed by atoms with Crippen LogP contribution in [0.4, 0.5) is 0 Å². The van der Waals surface area contributed by atoms with Crippen molar-refractivity contribution in [3.05, 3.63) is 11.6 Å². The zero-order valence-electron chi connectivity index (χ0n) is 16.9. The van der Waals surface area contributed by atoms with Gasteiger partial charge < -0.3 is 4.74 Å². The molecule has 0 spiro atoms. The number of fused-ring (bicyclic) bond motifs is 5. The molecule has 4 aliphatic carbocycles. The second-order valence-electron chi connectivity index (χ2n) is 9.99. The van der Waals surface area contributed by atoms with Crippen LogP contribution >= 0.6 is 0 Å². The summed E-state index contributed by atoms with van der Waals surface area (Å²) in [7, 11) is 0. The summed E-state index contributed by atoms with van der Waals surface area (Å²) in [5.74, 6) is 2.03. The fraction of sp³-hybridized carbons (Fsp3) is 0.826. The van der Waals surface area contributed by atoms with Crippen molar-refractivity contribution in [3.8, 4) is 0 Å². The van der Waals surface area contributed by atoms with Gasteiger partial charge in [-0.3, -0.25) is 9.59 Å². The van der Waals surface area contributed by atoms with Crippen molar-refractivity contribution in [1.29, 1.82) is 0 Å². The molecule has 3 nitrogen and oxygen atoms in total. The summed E-state index contributed by atoms with van der Waals surface area (Å²) < 4.78 is 6.12. The van der Waals surface area contributed by atoms with Gasteiger partial charge in [-0.1, -0.05) is 26.3 Å². The number of hydrogen-bond acceptors (Lipinski definition) is 3. The first-order valence-corrected chi connectivity index (χ1v) is 10.6. The Kier molecular flexibility index (Phi) is 4.17. The van der Waals surface area contributed by atoms with E-state index in [1.54, 1.807) is 13.8 Å². The summed E-state index contributed by atoms with van der Waals surface area (Å²) in [4.78, 5) is 24.2. The van der Waals surface area contributed by atoms with Crippen LogP contribution in [0.15, 0.2) is 11.6 Å². The molecular weight excluding hydrogens is 324 g/mol. The zero-order valence-corrected chi connectivity index (χ0v) is 16.9. The molecule has 0 bridgehead atoms. The van der Waals surface area contributed by atoms with Crippen LogP contribution in [0.25, 0.3) is 0 Å². The van der Waals surface area contributed by atoms with Crippen LogP contribution in [0.2, 0.25) is 0 Å². The Hall–Kier alpha value is -1.12. The standard InChI is InChI=1S/C23H34O3/c1-15(24)18-7-8-19-17-9-14-23(26-16(2)25)12-6-5-11-22(23,4)20(17)10-13-21(18,19)3/h7,17,19-20H,5-6,8-14H2,1-4H3/t17-,19-,20-,21+,22+,23?/m0/s1. The maximum absolute atomic E-state index is 12.2. The van der Waals surface area contributed by atoms with E-state index in [1.165, 1.54) is 25.7 Å². The van der Waals surface area contributed by atoms with E-state index in [1.807, 2.05) is 0 Å². The minimum atomic E-state index is -0.249. The molecule has 0 heterocycles. The van der Waals surface area contributed by atoms with Crippen LogP contribution in [0, 0.1) is 28.6 Å². The zero-order chi connectivity index (χ0) is 18.7. The molecule has 4 rings (SSSR count). The summed E-state index contributed by atoms with van der Waals surface area (Å²) in [6.45, 7) is 8.07. The lowest BCUT2D eigenvalue weighted by Gasteiger charge is -2.64. The van der Waals surface area contributed by atoms with Crippen LogP contribution in [0.5, 0.6) is 0 Å². The average Bonchev–Trinajstić information content (AvgIpc) is 2.92. The van der Waals surface area contributed by atoms with Crippen molar-refractivity contribution in [1.82, 2.24) is 0 Å². The summed E-state index contributed by atoms with van der Waals surface area (Å²) in [5, 5.41) is 0. The van der Waals surface area contributed by atoms with Gasteiger partial charge in [-0.05, 0) is 87.0 Å². The van der Waals surface area contributed by atoms with Gasteiger partial charge in [0.1, 0.15) is 5.60 Å². The van der Waals surface area contributed by atoms with Crippen molar-refractivity contribution in [2.45, 2.75) is 91.1 Å². The average molecular weight is 359 g/mol. The maximum atomic E-state index is 12.2. The third kappa shape index (κ3) is 2.31. The largest absolute Gasteiger partial charge is 0.459 e. The Bertz CT molecular complexity index is 664. The molecule has 26 heavy (non-hydrogen) atoms. The number of ether oxygens (including phenoxy) is 1. The van der Waals surface area contributed by atoms with E-state index in [9.17, 15) is 9.59 Å². The number of rotatable bonds is 2. The number of allylic oxidation sites excluding steroid dienone is 2. The molecule has 0 radical (unpaired) electrons. The molecule has 4 aliphatic rings. The molecule has 0 aliphatic heterocycles. The molecule has 0 aromatic heterocycles. The first kappa shape index (κ1) is 18.3. The van der Waals surface area contributed by atoms with E-state index < -0.39 is 0 Å².